The van der Waals surface area contributed by atoms with Gasteiger partial charge in [0.15, 0.2) is 17.7 Å². The van der Waals surface area contributed by atoms with Crippen molar-refractivity contribution in [2.75, 3.05) is 46.8 Å². The number of Topliss-reactive ketones (excluding diaryl/α,β-unsaturated/α-hetero) is 2. The summed E-state index contributed by atoms with van der Waals surface area (Å²) in [5, 5.41) is 56.8. The summed E-state index contributed by atoms with van der Waals surface area (Å²) in [6.07, 6.45) is 28.7. The SMILES string of the molecule is COC1CC(C)(C)C(/C=C/C(C)=C/C=C/C(C)=C/C=C/C=C(C)/C=C/C=C(C)/C=C/C2=C(C)C(=O)C(OC(=O)CCC(=O)NC(CO)(CO)CO)CC2(C)C)=C(C)C1=O.NC=O.O=CCCC(CO)(CO)CO. The molecule has 0 fully saturated rings. The molecule has 406 valence electrons. The average Bonchev–Trinajstić information content (AvgIpc) is 3.35. The largest absolute Gasteiger partial charge is 0.454 e. The van der Waals surface area contributed by atoms with Crippen LogP contribution in [0.2, 0.25) is 0 Å². The fourth-order valence-electron chi connectivity index (χ4n) is 7.66. The summed E-state index contributed by atoms with van der Waals surface area (Å²) in [6, 6.07) is 0. The fraction of sp³-hybridized carbons (Fsp3) is 0.509. The molecule has 16 heteroatoms. The molecule has 2 atom stereocenters. The molecule has 9 N–H and O–H groups in total. The molecule has 2 rings (SSSR count). The average molecular weight is 1020 g/mol. The summed E-state index contributed by atoms with van der Waals surface area (Å²) in [7, 11) is 1.59. The van der Waals surface area contributed by atoms with E-state index in [4.69, 9.17) is 29.6 Å². The number of ether oxygens (including phenoxy) is 2. The number of methoxy groups -OCH3 is 1. The zero-order valence-corrected chi connectivity index (χ0v) is 44.9. The number of aliphatic hydroxyl groups excluding tert-OH is 6. The Morgan fingerprint density at radius 1 is 0.644 bits per heavy atom. The Labute approximate surface area is 432 Å². The molecule has 0 saturated carbocycles. The highest BCUT2D eigenvalue weighted by molar-refractivity contribution is 6.02. The number of amides is 2. The summed E-state index contributed by atoms with van der Waals surface area (Å²) >= 11 is 0. The van der Waals surface area contributed by atoms with Gasteiger partial charge in [0, 0.05) is 31.8 Å². The van der Waals surface area contributed by atoms with Gasteiger partial charge >= 0.3 is 5.97 Å². The maximum absolute atomic E-state index is 13.2. The minimum atomic E-state index is -1.59. The normalized spacial score (nSPS) is 19.2. The van der Waals surface area contributed by atoms with Gasteiger partial charge in [-0.15, -0.1) is 0 Å². The van der Waals surface area contributed by atoms with Gasteiger partial charge in [-0.05, 0) is 87.5 Å². The summed E-state index contributed by atoms with van der Waals surface area (Å²) in [4.78, 5) is 69.2. The lowest BCUT2D eigenvalue weighted by Gasteiger charge is -2.36. The number of aldehydes is 1. The van der Waals surface area contributed by atoms with Crippen molar-refractivity contribution < 1.29 is 68.9 Å². The van der Waals surface area contributed by atoms with Crippen LogP contribution in [-0.4, -0.2) is 131 Å². The standard InChI is InChI=1S/C49H67NO9.C7H14O4.CH3NO/c1-33(18-14-20-35(3)22-24-39-37(5)45(56)41(58-11)28-47(39,7)8)16-12-13-17-34(2)19-15-21-36(4)23-25-40-38(6)46(57)42(29-48(40,9)10)59-44(55)27-26-43(54)50-49(30-51,31-52)32-53;8-3-1-2-7(4-9,5-10)6-11;2-1-3/h12-25,41-42,51-53H,26-32H2,1-11H3,(H,50,54);3,9-11H,1-2,4-6H2;1H,(H2,2,3)/b13-12+,18-14+,19-15+,24-22+,25-23+,33-16+,34-17+,35-20+,36-21+;;. The van der Waals surface area contributed by atoms with Gasteiger partial charge in [-0.3, -0.25) is 24.0 Å². The molecule has 0 aliphatic heterocycles. The Balaban J connectivity index is 0.00000322. The van der Waals surface area contributed by atoms with E-state index in [0.717, 1.165) is 39.0 Å². The van der Waals surface area contributed by atoms with Crippen molar-refractivity contribution in [2.45, 2.75) is 126 Å². The second-order valence-corrected chi connectivity index (χ2v) is 19.7. The first-order valence-corrected chi connectivity index (χ1v) is 24.2. The smallest absolute Gasteiger partial charge is 0.307 e. The molecule has 2 aliphatic rings. The van der Waals surface area contributed by atoms with Crippen LogP contribution in [0.5, 0.6) is 0 Å². The topological polar surface area (TPSA) is 280 Å². The highest BCUT2D eigenvalue weighted by Crippen LogP contribution is 2.42. The van der Waals surface area contributed by atoms with E-state index < -0.39 is 54.2 Å². The number of primary amides is 1. The minimum Gasteiger partial charge on any atom is -0.454 e. The number of ketones is 2. The molecule has 2 unspecified atom stereocenters. The number of hydrogen-bond acceptors (Lipinski definition) is 14. The molecule has 0 spiro atoms. The van der Waals surface area contributed by atoms with E-state index in [2.05, 4.69) is 37.0 Å². The second-order valence-electron chi connectivity index (χ2n) is 19.7. The Kier molecular flexibility index (Phi) is 31.2. The third-order valence-corrected chi connectivity index (χ3v) is 12.5. The molecule has 2 amide bonds. The quantitative estimate of drug-likeness (QED) is 0.0307. The van der Waals surface area contributed by atoms with E-state index in [1.807, 2.05) is 121 Å². The van der Waals surface area contributed by atoms with Crippen LogP contribution in [0.3, 0.4) is 0 Å². The lowest BCUT2D eigenvalue weighted by atomic mass is 9.71. The lowest BCUT2D eigenvalue weighted by Crippen LogP contribution is -2.57. The molecule has 0 aromatic heterocycles. The number of nitrogens with one attached hydrogen (secondary N) is 1. The van der Waals surface area contributed by atoms with Crippen LogP contribution in [0.15, 0.2) is 130 Å². The van der Waals surface area contributed by atoms with Gasteiger partial charge in [0.2, 0.25) is 12.3 Å². The first-order chi connectivity index (χ1) is 34.3. The number of esters is 1. The van der Waals surface area contributed by atoms with Gasteiger partial charge in [0.05, 0.1) is 46.1 Å². The molecular weight excluding hydrogens is 937 g/mol. The van der Waals surface area contributed by atoms with Crippen LogP contribution < -0.4 is 11.1 Å². The van der Waals surface area contributed by atoms with Gasteiger partial charge in [-0.2, -0.15) is 0 Å². The van der Waals surface area contributed by atoms with Crippen LogP contribution in [0.4, 0.5) is 0 Å². The third-order valence-electron chi connectivity index (χ3n) is 12.5. The second kappa shape index (κ2) is 33.9. The zero-order chi connectivity index (χ0) is 56.0. The van der Waals surface area contributed by atoms with Crippen molar-refractivity contribution in [1.82, 2.24) is 5.32 Å². The molecule has 0 saturated heterocycles. The predicted molar refractivity (Wildman–Crippen MR) is 284 cm³/mol. The van der Waals surface area contributed by atoms with E-state index in [1.165, 1.54) is 0 Å². The van der Waals surface area contributed by atoms with Crippen molar-refractivity contribution >= 4 is 36.1 Å². The van der Waals surface area contributed by atoms with E-state index in [9.17, 15) is 39.3 Å². The Hall–Kier alpha value is -5.72. The third kappa shape index (κ3) is 23.4. The van der Waals surface area contributed by atoms with Crippen molar-refractivity contribution in [3.05, 3.63) is 130 Å². The van der Waals surface area contributed by atoms with Crippen molar-refractivity contribution in [3.63, 3.8) is 0 Å². The number of carbonyl (C=O) groups is 6. The highest BCUT2D eigenvalue weighted by atomic mass is 16.5. The summed E-state index contributed by atoms with van der Waals surface area (Å²) in [5.41, 5.74) is 8.49. The maximum Gasteiger partial charge on any atom is 0.307 e. The Morgan fingerprint density at radius 3 is 1.41 bits per heavy atom. The molecule has 2 aliphatic carbocycles. The minimum absolute atomic E-state index is 0.0626. The molecule has 0 aromatic carbocycles. The monoisotopic (exact) mass is 1020 g/mol. The van der Waals surface area contributed by atoms with Gasteiger partial charge < -0.3 is 56.0 Å². The molecule has 0 radical (unpaired) electrons. The van der Waals surface area contributed by atoms with Gasteiger partial charge in [-0.25, -0.2) is 0 Å². The van der Waals surface area contributed by atoms with Gasteiger partial charge in [0.25, 0.3) is 0 Å². The van der Waals surface area contributed by atoms with Crippen molar-refractivity contribution in [3.8, 4) is 0 Å². The van der Waals surface area contributed by atoms with E-state index in [0.29, 0.717) is 24.7 Å². The lowest BCUT2D eigenvalue weighted by molar-refractivity contribution is -0.156. The predicted octanol–water partition coefficient (Wildman–Crippen LogP) is 5.75. The number of carbonyl (C=O) groups excluding carboxylic acids is 6. The van der Waals surface area contributed by atoms with Crippen LogP contribution in [0.1, 0.15) is 108 Å². The summed E-state index contributed by atoms with van der Waals surface area (Å²) < 4.78 is 10.9. The van der Waals surface area contributed by atoms with Crippen LogP contribution in [0, 0.1) is 16.2 Å². The van der Waals surface area contributed by atoms with Crippen molar-refractivity contribution in [1.29, 1.82) is 0 Å². The Bertz CT molecular complexity index is 2190. The van der Waals surface area contributed by atoms with E-state index in [-0.39, 0.29) is 75.0 Å². The van der Waals surface area contributed by atoms with Crippen LogP contribution in [0.25, 0.3) is 0 Å². The molecule has 16 nitrogen and oxygen atoms in total. The fourth-order valence-corrected chi connectivity index (χ4v) is 7.66. The number of aliphatic hydroxyl groups is 6. The van der Waals surface area contributed by atoms with Gasteiger partial charge in [-0.1, -0.05) is 135 Å². The first kappa shape index (κ1) is 67.3. The number of nitrogens with two attached hydrogens (primary N) is 1. The molecule has 0 aromatic rings. The number of hydrogen-bond donors (Lipinski definition) is 8. The van der Waals surface area contributed by atoms with E-state index >= 15 is 0 Å². The number of allylic oxidation sites excluding steroid dienone is 20. The summed E-state index contributed by atoms with van der Waals surface area (Å²) in [5.74, 6) is -1.59. The molecular formula is C57H84N2O14. The van der Waals surface area contributed by atoms with E-state index in [1.54, 1.807) is 14.0 Å². The number of rotatable bonds is 25. The van der Waals surface area contributed by atoms with Crippen molar-refractivity contribution in [2.24, 2.45) is 22.0 Å². The molecule has 0 heterocycles. The molecule has 73 heavy (non-hydrogen) atoms. The Morgan fingerprint density at radius 2 is 1.03 bits per heavy atom. The summed E-state index contributed by atoms with van der Waals surface area (Å²) in [6.45, 7) is 17.0. The zero-order valence-electron chi connectivity index (χ0n) is 44.9. The molecule has 0 bridgehead atoms. The first-order valence-electron chi connectivity index (χ1n) is 24.2. The highest BCUT2D eigenvalue weighted by Gasteiger charge is 2.40. The maximum atomic E-state index is 13.2. The van der Waals surface area contributed by atoms with Crippen LogP contribution in [-0.2, 0) is 38.2 Å². The van der Waals surface area contributed by atoms with Crippen LogP contribution >= 0.6 is 0 Å². The van der Waals surface area contributed by atoms with Gasteiger partial charge in [0.1, 0.15) is 17.9 Å².